The first-order chi connectivity index (χ1) is 11.7. The van der Waals surface area contributed by atoms with Crippen molar-refractivity contribution in [1.82, 2.24) is 4.90 Å². The Balaban J connectivity index is 1.62. The number of hydrogen-bond acceptors (Lipinski definition) is 2. The molecule has 126 valence electrons. The summed E-state index contributed by atoms with van der Waals surface area (Å²) >= 11 is 0. The number of ether oxygens (including phenoxy) is 1. The van der Waals surface area contributed by atoms with E-state index in [1.54, 1.807) is 13.2 Å². The zero-order valence-corrected chi connectivity index (χ0v) is 14.3. The molecule has 0 amide bonds. The molecule has 0 spiro atoms. The van der Waals surface area contributed by atoms with Crippen molar-refractivity contribution in [1.29, 1.82) is 0 Å². The van der Waals surface area contributed by atoms with Crippen LogP contribution in [0.15, 0.2) is 42.5 Å². The van der Waals surface area contributed by atoms with Crippen molar-refractivity contribution < 1.29 is 9.13 Å². The molecule has 1 unspecified atom stereocenters. The van der Waals surface area contributed by atoms with Crippen LogP contribution in [0.2, 0.25) is 0 Å². The van der Waals surface area contributed by atoms with E-state index in [-0.39, 0.29) is 5.82 Å². The third-order valence-corrected chi connectivity index (χ3v) is 5.91. The van der Waals surface area contributed by atoms with Crippen LogP contribution in [0.1, 0.15) is 29.0 Å². The summed E-state index contributed by atoms with van der Waals surface area (Å²) in [5, 5.41) is 0. The van der Waals surface area contributed by atoms with Gasteiger partial charge in [-0.3, -0.25) is 0 Å². The van der Waals surface area contributed by atoms with E-state index < -0.39 is 0 Å². The van der Waals surface area contributed by atoms with Crippen LogP contribution in [0.3, 0.4) is 0 Å². The molecule has 2 aliphatic rings. The molecule has 1 fully saturated rings. The highest BCUT2D eigenvalue weighted by atomic mass is 19.1. The standard InChI is InChI=1S/C21H24FNO/c1-23-13-19-16-7-4-8-21(24-2)18(16)10-9-17(19)20(23)12-14-5-3-6-15(22)11-14/h3-8,11,17,19-20H,9-10,12-13H2,1-2H3/t17?,19-,20-/m1/s1. The van der Waals surface area contributed by atoms with Gasteiger partial charge in [0.2, 0.25) is 0 Å². The molecule has 3 atom stereocenters. The SMILES string of the molecule is COc1cccc2c1CCC1[C@@H]2CN(C)[C@@H]1Cc1cccc(F)c1. The minimum absolute atomic E-state index is 0.136. The topological polar surface area (TPSA) is 12.5 Å². The summed E-state index contributed by atoms with van der Waals surface area (Å²) in [6, 6.07) is 14.0. The molecule has 0 saturated carbocycles. The monoisotopic (exact) mass is 325 g/mol. The average Bonchev–Trinajstić information content (AvgIpc) is 2.90. The predicted molar refractivity (Wildman–Crippen MR) is 94.1 cm³/mol. The van der Waals surface area contributed by atoms with E-state index in [1.165, 1.54) is 23.6 Å². The maximum absolute atomic E-state index is 13.5. The molecule has 0 N–H and O–H groups in total. The van der Waals surface area contributed by atoms with Crippen molar-refractivity contribution in [2.75, 3.05) is 20.7 Å². The molecule has 2 aromatic carbocycles. The summed E-state index contributed by atoms with van der Waals surface area (Å²) in [6.45, 7) is 1.07. The number of likely N-dealkylation sites (N-methyl/N-ethyl adjacent to an activating group) is 1. The summed E-state index contributed by atoms with van der Waals surface area (Å²) in [5.41, 5.74) is 3.95. The van der Waals surface area contributed by atoms with Crippen LogP contribution in [0.4, 0.5) is 4.39 Å². The van der Waals surface area contributed by atoms with Crippen LogP contribution >= 0.6 is 0 Å². The second-order valence-electron chi connectivity index (χ2n) is 7.18. The van der Waals surface area contributed by atoms with Gasteiger partial charge < -0.3 is 9.64 Å². The van der Waals surface area contributed by atoms with Gasteiger partial charge in [0, 0.05) is 18.5 Å². The summed E-state index contributed by atoms with van der Waals surface area (Å²) in [6.07, 6.45) is 3.19. The van der Waals surface area contributed by atoms with Gasteiger partial charge in [0.15, 0.2) is 0 Å². The Labute approximate surface area is 143 Å². The molecular weight excluding hydrogens is 301 g/mol. The van der Waals surface area contributed by atoms with Crippen molar-refractivity contribution in [2.45, 2.75) is 31.2 Å². The maximum atomic E-state index is 13.5. The van der Waals surface area contributed by atoms with Gasteiger partial charge in [-0.2, -0.15) is 0 Å². The summed E-state index contributed by atoms with van der Waals surface area (Å²) in [5.74, 6) is 2.09. The maximum Gasteiger partial charge on any atom is 0.123 e. The third-order valence-electron chi connectivity index (χ3n) is 5.91. The Bertz CT molecular complexity index is 744. The van der Waals surface area contributed by atoms with E-state index in [9.17, 15) is 4.39 Å². The van der Waals surface area contributed by atoms with Gasteiger partial charge in [-0.15, -0.1) is 0 Å². The van der Waals surface area contributed by atoms with Crippen LogP contribution < -0.4 is 4.74 Å². The first-order valence-corrected chi connectivity index (χ1v) is 8.78. The number of halogens is 1. The van der Waals surface area contributed by atoms with Crippen molar-refractivity contribution in [3.05, 3.63) is 65.0 Å². The van der Waals surface area contributed by atoms with Crippen molar-refractivity contribution in [2.24, 2.45) is 5.92 Å². The number of likely N-dealkylation sites (tertiary alicyclic amines) is 1. The van der Waals surface area contributed by atoms with E-state index in [0.29, 0.717) is 17.9 Å². The van der Waals surface area contributed by atoms with E-state index in [4.69, 9.17) is 4.74 Å². The Morgan fingerprint density at radius 2 is 2.04 bits per heavy atom. The quantitative estimate of drug-likeness (QED) is 0.844. The molecule has 24 heavy (non-hydrogen) atoms. The van der Waals surface area contributed by atoms with Crippen molar-refractivity contribution in [3.8, 4) is 5.75 Å². The largest absolute Gasteiger partial charge is 0.496 e. The second kappa shape index (κ2) is 6.21. The molecular formula is C21H24FNO. The smallest absolute Gasteiger partial charge is 0.123 e. The Hall–Kier alpha value is -1.87. The van der Waals surface area contributed by atoms with Crippen molar-refractivity contribution in [3.63, 3.8) is 0 Å². The lowest BCUT2D eigenvalue weighted by molar-refractivity contribution is 0.258. The highest BCUT2D eigenvalue weighted by Crippen LogP contribution is 2.47. The average molecular weight is 325 g/mol. The number of hydrogen-bond donors (Lipinski definition) is 0. The highest BCUT2D eigenvalue weighted by Gasteiger charge is 2.43. The molecule has 3 heteroatoms. The number of benzene rings is 2. The van der Waals surface area contributed by atoms with Gasteiger partial charge in [0.05, 0.1) is 7.11 Å². The van der Waals surface area contributed by atoms with Gasteiger partial charge in [0.25, 0.3) is 0 Å². The Morgan fingerprint density at radius 3 is 2.83 bits per heavy atom. The Morgan fingerprint density at radius 1 is 1.21 bits per heavy atom. The fraction of sp³-hybridized carbons (Fsp3) is 0.429. The van der Waals surface area contributed by atoms with Gasteiger partial charge in [0.1, 0.15) is 11.6 Å². The summed E-state index contributed by atoms with van der Waals surface area (Å²) in [7, 11) is 3.97. The second-order valence-corrected chi connectivity index (χ2v) is 7.18. The molecule has 4 rings (SSSR count). The lowest BCUT2D eigenvalue weighted by atomic mass is 9.73. The van der Waals surface area contributed by atoms with E-state index in [1.807, 2.05) is 12.1 Å². The summed E-state index contributed by atoms with van der Waals surface area (Å²) < 4.78 is 19.1. The van der Waals surface area contributed by atoms with Crippen LogP contribution in [-0.2, 0) is 12.8 Å². The summed E-state index contributed by atoms with van der Waals surface area (Å²) in [4.78, 5) is 2.47. The van der Waals surface area contributed by atoms with E-state index in [0.717, 1.165) is 30.7 Å². The van der Waals surface area contributed by atoms with Gasteiger partial charge in [-0.05, 0) is 67.1 Å². The zero-order valence-electron chi connectivity index (χ0n) is 14.3. The number of rotatable bonds is 3. The van der Waals surface area contributed by atoms with Gasteiger partial charge >= 0.3 is 0 Å². The molecule has 0 radical (unpaired) electrons. The lowest BCUT2D eigenvalue weighted by Gasteiger charge is -2.32. The number of methoxy groups -OCH3 is 1. The predicted octanol–water partition coefficient (Wildman–Crippen LogP) is 4.04. The van der Waals surface area contributed by atoms with Crippen LogP contribution in [0, 0.1) is 11.7 Å². The molecule has 1 saturated heterocycles. The first kappa shape index (κ1) is 15.6. The van der Waals surface area contributed by atoms with E-state index in [2.05, 4.69) is 30.1 Å². The molecule has 0 bridgehead atoms. The molecule has 1 heterocycles. The van der Waals surface area contributed by atoms with Crippen LogP contribution in [0.25, 0.3) is 0 Å². The number of nitrogens with zero attached hydrogens (tertiary/aromatic N) is 1. The molecule has 0 aromatic heterocycles. The van der Waals surface area contributed by atoms with Crippen molar-refractivity contribution >= 4 is 0 Å². The van der Waals surface area contributed by atoms with Crippen LogP contribution in [-0.4, -0.2) is 31.6 Å². The first-order valence-electron chi connectivity index (χ1n) is 8.78. The van der Waals surface area contributed by atoms with Gasteiger partial charge in [-0.1, -0.05) is 24.3 Å². The molecule has 2 aromatic rings. The fourth-order valence-corrected chi connectivity index (χ4v) is 4.81. The normalized spacial score (nSPS) is 26.0. The molecule has 1 aliphatic heterocycles. The molecule has 2 nitrogen and oxygen atoms in total. The number of fused-ring (bicyclic) bond motifs is 3. The minimum Gasteiger partial charge on any atom is -0.496 e. The fourth-order valence-electron chi connectivity index (χ4n) is 4.81. The van der Waals surface area contributed by atoms with Crippen LogP contribution in [0.5, 0.6) is 5.75 Å². The Kier molecular flexibility index (Phi) is 4.05. The van der Waals surface area contributed by atoms with Gasteiger partial charge in [-0.25, -0.2) is 4.39 Å². The third kappa shape index (κ3) is 2.61. The minimum atomic E-state index is -0.136. The van der Waals surface area contributed by atoms with E-state index >= 15 is 0 Å². The lowest BCUT2D eigenvalue weighted by Crippen LogP contribution is -2.32. The molecule has 1 aliphatic carbocycles. The highest BCUT2D eigenvalue weighted by molar-refractivity contribution is 5.45. The zero-order chi connectivity index (χ0) is 16.7.